The SMILES string of the molecule is COc1ccc(C(=O)Nc2nc3c(s2)CC2C(C)(CO)C(O)CCC2(C)C3CC(=O)N2CCN(C(C)=O)CC2)cc1. The molecule has 1 aromatic heterocycles. The molecule has 3 aliphatic rings. The van der Waals surface area contributed by atoms with Crippen molar-refractivity contribution in [2.24, 2.45) is 16.7 Å². The number of carbonyl (C=O) groups excluding carboxylic acids is 3. The molecule has 2 aliphatic carbocycles. The van der Waals surface area contributed by atoms with Crippen molar-refractivity contribution in [1.82, 2.24) is 14.8 Å². The topological polar surface area (TPSA) is 132 Å². The van der Waals surface area contributed by atoms with Gasteiger partial charge in [0.15, 0.2) is 5.13 Å². The van der Waals surface area contributed by atoms with Crippen molar-refractivity contribution in [2.75, 3.05) is 45.2 Å². The van der Waals surface area contributed by atoms with Gasteiger partial charge in [0.05, 0.1) is 25.5 Å². The summed E-state index contributed by atoms with van der Waals surface area (Å²) in [6.07, 6.45) is 1.44. The number of piperazine rings is 1. The molecule has 2 aromatic rings. The number of ether oxygens (including phenoxy) is 1. The fourth-order valence-electron chi connectivity index (χ4n) is 7.19. The summed E-state index contributed by atoms with van der Waals surface area (Å²) in [5.41, 5.74) is 0.194. The Labute approximate surface area is 244 Å². The number of nitrogens with zero attached hydrogens (tertiary/aromatic N) is 3. The van der Waals surface area contributed by atoms with Gasteiger partial charge in [-0.3, -0.25) is 19.7 Å². The van der Waals surface area contributed by atoms with Crippen LogP contribution < -0.4 is 10.1 Å². The molecule has 10 nitrogen and oxygen atoms in total. The summed E-state index contributed by atoms with van der Waals surface area (Å²) >= 11 is 1.40. The predicted octanol–water partition coefficient (Wildman–Crippen LogP) is 2.90. The summed E-state index contributed by atoms with van der Waals surface area (Å²) in [6, 6.07) is 6.84. The summed E-state index contributed by atoms with van der Waals surface area (Å²) in [4.78, 5) is 48.0. The fourth-order valence-corrected chi connectivity index (χ4v) is 8.25. The maximum atomic E-state index is 13.7. The van der Waals surface area contributed by atoms with Crippen LogP contribution in [-0.4, -0.2) is 88.7 Å². The fraction of sp³-hybridized carbons (Fsp3) is 0.600. The van der Waals surface area contributed by atoms with Crippen molar-refractivity contribution in [1.29, 1.82) is 0 Å². The smallest absolute Gasteiger partial charge is 0.257 e. The largest absolute Gasteiger partial charge is 0.497 e. The molecule has 1 aliphatic heterocycles. The molecule has 0 spiro atoms. The maximum absolute atomic E-state index is 13.7. The van der Waals surface area contributed by atoms with E-state index in [1.165, 1.54) is 11.3 Å². The summed E-state index contributed by atoms with van der Waals surface area (Å²) < 4.78 is 5.19. The lowest BCUT2D eigenvalue weighted by Crippen LogP contribution is -2.58. The van der Waals surface area contributed by atoms with Crippen LogP contribution in [0.5, 0.6) is 5.75 Å². The van der Waals surface area contributed by atoms with E-state index in [9.17, 15) is 24.6 Å². The highest BCUT2D eigenvalue weighted by molar-refractivity contribution is 7.15. The van der Waals surface area contributed by atoms with Gasteiger partial charge in [-0.05, 0) is 54.9 Å². The number of aliphatic hydroxyl groups is 2. The quantitative estimate of drug-likeness (QED) is 0.476. The van der Waals surface area contributed by atoms with Gasteiger partial charge in [0.1, 0.15) is 5.75 Å². The molecule has 222 valence electrons. The van der Waals surface area contributed by atoms with Crippen LogP contribution >= 0.6 is 11.3 Å². The van der Waals surface area contributed by atoms with Gasteiger partial charge in [0.2, 0.25) is 11.8 Å². The van der Waals surface area contributed by atoms with E-state index in [0.717, 1.165) is 10.6 Å². The lowest BCUT2D eigenvalue weighted by molar-refractivity contribution is -0.149. The van der Waals surface area contributed by atoms with Gasteiger partial charge in [0.25, 0.3) is 5.91 Å². The van der Waals surface area contributed by atoms with Crippen LogP contribution in [0.4, 0.5) is 5.13 Å². The molecular weight excluding hydrogens is 544 g/mol. The zero-order valence-electron chi connectivity index (χ0n) is 24.2. The molecule has 1 saturated carbocycles. The number of aromatic nitrogens is 1. The molecule has 2 fully saturated rings. The van der Waals surface area contributed by atoms with Crippen molar-refractivity contribution in [3.05, 3.63) is 40.4 Å². The number of thiazole rings is 1. The molecule has 3 amide bonds. The second-order valence-electron chi connectivity index (χ2n) is 12.1. The van der Waals surface area contributed by atoms with E-state index in [1.54, 1.807) is 43.2 Å². The van der Waals surface area contributed by atoms with Crippen molar-refractivity contribution >= 4 is 34.2 Å². The van der Waals surface area contributed by atoms with E-state index >= 15 is 0 Å². The second kappa shape index (κ2) is 11.3. The van der Waals surface area contributed by atoms with Gasteiger partial charge in [0, 0.05) is 61.3 Å². The molecule has 0 bridgehead atoms. The van der Waals surface area contributed by atoms with Crippen LogP contribution in [0.1, 0.15) is 66.9 Å². The zero-order valence-corrected chi connectivity index (χ0v) is 25.0. The van der Waals surface area contributed by atoms with Crippen molar-refractivity contribution in [3.8, 4) is 5.75 Å². The van der Waals surface area contributed by atoms with Gasteiger partial charge in [-0.15, -0.1) is 11.3 Å². The number of nitrogens with one attached hydrogen (secondary N) is 1. The number of methoxy groups -OCH3 is 1. The molecule has 3 N–H and O–H groups in total. The van der Waals surface area contributed by atoms with Crippen molar-refractivity contribution in [3.63, 3.8) is 0 Å². The number of carbonyl (C=O) groups is 3. The third-order valence-corrected chi connectivity index (χ3v) is 10.9. The Balaban J connectivity index is 1.44. The molecule has 41 heavy (non-hydrogen) atoms. The Morgan fingerprint density at radius 2 is 1.78 bits per heavy atom. The van der Waals surface area contributed by atoms with Crippen LogP contribution in [0.2, 0.25) is 0 Å². The van der Waals surface area contributed by atoms with Gasteiger partial charge in [-0.2, -0.15) is 0 Å². The van der Waals surface area contributed by atoms with Crippen molar-refractivity contribution in [2.45, 2.75) is 58.5 Å². The Morgan fingerprint density at radius 3 is 2.39 bits per heavy atom. The first-order valence-corrected chi connectivity index (χ1v) is 15.1. The standard InChI is InChI=1S/C30H40N4O6S/c1-18(36)33-11-13-34(14-12-33)25(38)15-21-26-22(16-23-29(21,2)10-9-24(37)30(23,3)17-35)41-28(31-26)32-27(39)19-5-7-20(40-4)8-6-19/h5-8,21,23-24,35,37H,9-17H2,1-4H3,(H,31,32,39). The summed E-state index contributed by atoms with van der Waals surface area (Å²) in [7, 11) is 1.57. The number of aliphatic hydroxyl groups excluding tert-OH is 2. The third-order valence-electron chi connectivity index (χ3n) is 9.92. The normalized spacial score (nSPS) is 29.4. The molecule has 11 heteroatoms. The van der Waals surface area contributed by atoms with E-state index in [4.69, 9.17) is 9.72 Å². The van der Waals surface area contributed by atoms with Crippen molar-refractivity contribution < 1.29 is 29.3 Å². The highest BCUT2D eigenvalue weighted by Gasteiger charge is 2.59. The highest BCUT2D eigenvalue weighted by Crippen LogP contribution is 2.63. The number of anilines is 1. The summed E-state index contributed by atoms with van der Waals surface area (Å²) in [5.74, 6) is 0.0882. The average Bonchev–Trinajstić information content (AvgIpc) is 3.38. The minimum Gasteiger partial charge on any atom is -0.497 e. The van der Waals surface area contributed by atoms with Gasteiger partial charge < -0.3 is 24.7 Å². The first kappa shape index (κ1) is 29.5. The number of hydrogen-bond donors (Lipinski definition) is 3. The van der Waals surface area contributed by atoms with Gasteiger partial charge >= 0.3 is 0 Å². The number of fused-ring (bicyclic) bond motifs is 2. The monoisotopic (exact) mass is 584 g/mol. The minimum atomic E-state index is -0.727. The lowest BCUT2D eigenvalue weighted by atomic mass is 9.47. The van der Waals surface area contributed by atoms with E-state index in [2.05, 4.69) is 12.2 Å². The minimum absolute atomic E-state index is 0.0136. The van der Waals surface area contributed by atoms with Crippen LogP contribution in [0.25, 0.3) is 0 Å². The zero-order chi connectivity index (χ0) is 29.5. The van der Waals surface area contributed by atoms with E-state index in [0.29, 0.717) is 61.9 Å². The molecule has 5 rings (SSSR count). The van der Waals surface area contributed by atoms with Gasteiger partial charge in [-0.25, -0.2) is 4.98 Å². The van der Waals surface area contributed by atoms with E-state index < -0.39 is 11.5 Å². The summed E-state index contributed by atoms with van der Waals surface area (Å²) in [5, 5.41) is 24.9. The first-order chi connectivity index (χ1) is 19.5. The Kier molecular flexibility index (Phi) is 8.15. The number of hydrogen-bond acceptors (Lipinski definition) is 8. The summed E-state index contributed by atoms with van der Waals surface area (Å²) in [6.45, 7) is 7.52. The third kappa shape index (κ3) is 5.35. The lowest BCUT2D eigenvalue weighted by Gasteiger charge is -2.58. The van der Waals surface area contributed by atoms with E-state index in [1.807, 2.05) is 11.8 Å². The number of rotatable bonds is 6. The molecule has 5 atom stereocenters. The van der Waals surface area contributed by atoms with Crippen LogP contribution in [0.3, 0.4) is 0 Å². The molecule has 5 unspecified atom stereocenters. The first-order valence-electron chi connectivity index (χ1n) is 14.3. The molecule has 1 aromatic carbocycles. The Hall–Kier alpha value is -3.02. The number of benzene rings is 1. The molecule has 1 saturated heterocycles. The van der Waals surface area contributed by atoms with E-state index in [-0.39, 0.29) is 48.0 Å². The number of amides is 3. The molecule has 2 heterocycles. The Bertz CT molecular complexity index is 1310. The highest BCUT2D eigenvalue weighted by atomic mass is 32.1. The second-order valence-corrected chi connectivity index (χ2v) is 13.2. The van der Waals surface area contributed by atoms with Crippen LogP contribution in [-0.2, 0) is 16.0 Å². The predicted molar refractivity (Wildman–Crippen MR) is 155 cm³/mol. The average molecular weight is 585 g/mol. The van der Waals surface area contributed by atoms with Gasteiger partial charge in [-0.1, -0.05) is 13.8 Å². The molecular formula is C30H40N4O6S. The van der Waals surface area contributed by atoms with Crippen LogP contribution in [0, 0.1) is 16.7 Å². The Morgan fingerprint density at radius 1 is 1.12 bits per heavy atom. The van der Waals surface area contributed by atoms with Crippen LogP contribution in [0.15, 0.2) is 24.3 Å². The molecule has 0 radical (unpaired) electrons. The maximum Gasteiger partial charge on any atom is 0.257 e.